The lowest BCUT2D eigenvalue weighted by Crippen LogP contribution is -2.14. The predicted octanol–water partition coefficient (Wildman–Crippen LogP) is 3.51. The average molecular weight is 400 g/mol. The number of pyridine rings is 1. The minimum Gasteiger partial charge on any atom is -0.487 e. The number of hydrogen-bond donors (Lipinski definition) is 1. The van der Waals surface area contributed by atoms with E-state index in [-0.39, 0.29) is 4.90 Å². The second-order valence-electron chi connectivity index (χ2n) is 5.82. The van der Waals surface area contributed by atoms with E-state index in [1.54, 1.807) is 49.3 Å². The smallest absolute Gasteiger partial charge is 0.263 e. The zero-order chi connectivity index (χ0) is 19.0. The molecule has 0 spiro atoms. The van der Waals surface area contributed by atoms with Gasteiger partial charge in [0.05, 0.1) is 35.1 Å². The summed E-state index contributed by atoms with van der Waals surface area (Å²) in [4.78, 5) is 5.29. The van der Waals surface area contributed by atoms with Crippen molar-refractivity contribution in [3.05, 3.63) is 54.9 Å². The van der Waals surface area contributed by atoms with Gasteiger partial charge < -0.3 is 4.74 Å². The Balaban J connectivity index is 1.64. The summed E-state index contributed by atoms with van der Waals surface area (Å²) >= 11 is 1.45. The number of hydrogen-bond acceptors (Lipinski definition) is 6. The molecule has 0 atom stereocenters. The quantitative estimate of drug-likeness (QED) is 0.554. The summed E-state index contributed by atoms with van der Waals surface area (Å²) in [5.74, 6) is 0. The Labute approximate surface area is 160 Å². The van der Waals surface area contributed by atoms with Crippen LogP contribution in [0.15, 0.2) is 59.8 Å². The van der Waals surface area contributed by atoms with Crippen LogP contribution in [0.4, 0.5) is 5.69 Å². The molecule has 7 nitrogen and oxygen atoms in total. The van der Waals surface area contributed by atoms with Gasteiger partial charge in [-0.15, -0.1) is 0 Å². The number of aryl methyl sites for hydroxylation is 1. The molecule has 1 N–H and O–H groups in total. The number of anilines is 1. The second-order valence-corrected chi connectivity index (χ2v) is 8.55. The molecule has 0 aliphatic heterocycles. The van der Waals surface area contributed by atoms with Crippen LogP contribution in [0.3, 0.4) is 0 Å². The van der Waals surface area contributed by atoms with Gasteiger partial charge in [0.1, 0.15) is 4.90 Å². The number of sulfonamides is 1. The van der Waals surface area contributed by atoms with Crippen molar-refractivity contribution in [1.29, 1.82) is 0 Å². The van der Waals surface area contributed by atoms with Gasteiger partial charge in [-0.05, 0) is 30.3 Å². The molecule has 1 aromatic carbocycles. The van der Waals surface area contributed by atoms with Crippen molar-refractivity contribution in [2.45, 2.75) is 4.90 Å². The van der Waals surface area contributed by atoms with Crippen LogP contribution in [-0.2, 0) is 17.1 Å². The van der Waals surface area contributed by atoms with Gasteiger partial charge in [0, 0.05) is 18.6 Å². The molecule has 0 saturated carbocycles. The van der Waals surface area contributed by atoms with Crippen LogP contribution in [0.5, 0.6) is 5.06 Å². The van der Waals surface area contributed by atoms with Crippen LogP contribution in [0, 0.1) is 0 Å². The number of aromatic nitrogens is 3. The normalized spacial score (nSPS) is 11.6. The van der Waals surface area contributed by atoms with E-state index in [1.807, 2.05) is 18.2 Å². The maximum absolute atomic E-state index is 12.8. The minimum atomic E-state index is -3.77. The number of benzene rings is 1. The van der Waals surface area contributed by atoms with Gasteiger partial charge in [0.2, 0.25) is 0 Å². The molecule has 3 heterocycles. The summed E-state index contributed by atoms with van der Waals surface area (Å²) in [7, 11) is -0.399. The highest BCUT2D eigenvalue weighted by molar-refractivity contribution is 7.92. The van der Waals surface area contributed by atoms with Crippen LogP contribution < -0.4 is 9.46 Å². The predicted molar refractivity (Wildman–Crippen MR) is 106 cm³/mol. The van der Waals surface area contributed by atoms with E-state index in [2.05, 4.69) is 14.8 Å². The molecule has 3 aromatic heterocycles. The number of thiophene rings is 1. The Morgan fingerprint density at radius 3 is 2.67 bits per heavy atom. The third-order valence-electron chi connectivity index (χ3n) is 4.09. The number of para-hydroxylation sites is 1. The Bertz CT molecular complexity index is 1210. The van der Waals surface area contributed by atoms with Crippen molar-refractivity contribution in [3.63, 3.8) is 0 Å². The third kappa shape index (κ3) is 3.26. The molecule has 4 rings (SSSR count). The van der Waals surface area contributed by atoms with Gasteiger partial charge in [-0.3, -0.25) is 14.4 Å². The molecule has 0 amide bonds. The van der Waals surface area contributed by atoms with Gasteiger partial charge in [-0.1, -0.05) is 23.5 Å². The molecule has 138 valence electrons. The maximum atomic E-state index is 12.8. The summed E-state index contributed by atoms with van der Waals surface area (Å²) in [5.41, 5.74) is 1.88. The van der Waals surface area contributed by atoms with Crippen LogP contribution in [-0.4, -0.2) is 30.3 Å². The lowest BCUT2D eigenvalue weighted by atomic mass is 10.2. The molecule has 9 heteroatoms. The Kier molecular flexibility index (Phi) is 4.33. The van der Waals surface area contributed by atoms with Crippen LogP contribution in [0.1, 0.15) is 0 Å². The zero-order valence-corrected chi connectivity index (χ0v) is 16.2. The first-order valence-electron chi connectivity index (χ1n) is 8.02. The number of ether oxygens (including phenoxy) is 1. The molecule has 0 fully saturated rings. The highest BCUT2D eigenvalue weighted by atomic mass is 32.2. The molecule has 0 saturated heterocycles. The van der Waals surface area contributed by atoms with Gasteiger partial charge in [0.15, 0.2) is 5.06 Å². The number of nitrogens with one attached hydrogen (secondary N) is 1. The fraction of sp³-hybridized carbons (Fsp3) is 0.111. The minimum absolute atomic E-state index is 0.0916. The number of nitrogens with zero attached hydrogens (tertiary/aromatic N) is 3. The Hall–Kier alpha value is -2.91. The largest absolute Gasteiger partial charge is 0.487 e. The van der Waals surface area contributed by atoms with Gasteiger partial charge in [0.25, 0.3) is 10.0 Å². The van der Waals surface area contributed by atoms with Crippen molar-refractivity contribution in [2.75, 3.05) is 11.8 Å². The molecule has 0 unspecified atom stereocenters. The van der Waals surface area contributed by atoms with E-state index < -0.39 is 10.0 Å². The van der Waals surface area contributed by atoms with Crippen molar-refractivity contribution >= 4 is 38.0 Å². The van der Waals surface area contributed by atoms with Crippen molar-refractivity contribution in [2.24, 2.45) is 7.05 Å². The third-order valence-corrected chi connectivity index (χ3v) is 6.51. The van der Waals surface area contributed by atoms with E-state index in [1.165, 1.54) is 17.5 Å². The highest BCUT2D eigenvalue weighted by Gasteiger charge is 2.18. The fourth-order valence-corrected chi connectivity index (χ4v) is 4.58. The zero-order valence-electron chi connectivity index (χ0n) is 14.6. The lowest BCUT2D eigenvalue weighted by molar-refractivity contribution is 0.427. The van der Waals surface area contributed by atoms with E-state index in [0.717, 1.165) is 20.8 Å². The second kappa shape index (κ2) is 6.67. The summed E-state index contributed by atoms with van der Waals surface area (Å²) in [6.45, 7) is 0. The molecular weight excluding hydrogens is 384 g/mol. The van der Waals surface area contributed by atoms with Crippen molar-refractivity contribution < 1.29 is 13.2 Å². The van der Waals surface area contributed by atoms with Crippen molar-refractivity contribution in [3.8, 4) is 15.6 Å². The SMILES string of the molecule is COc1ccc(-c2ccc(S(=O)(=O)Nc3cccc4cnn(C)c34)cn2)s1. The molecule has 0 radical (unpaired) electrons. The first-order valence-corrected chi connectivity index (χ1v) is 10.3. The van der Waals surface area contributed by atoms with E-state index in [9.17, 15) is 8.42 Å². The Morgan fingerprint density at radius 1 is 1.11 bits per heavy atom. The van der Waals surface area contributed by atoms with Gasteiger partial charge in [-0.25, -0.2) is 8.42 Å². The maximum Gasteiger partial charge on any atom is 0.263 e. The number of methoxy groups -OCH3 is 1. The van der Waals surface area contributed by atoms with Crippen LogP contribution in [0.25, 0.3) is 21.5 Å². The highest BCUT2D eigenvalue weighted by Crippen LogP contribution is 2.32. The first-order chi connectivity index (χ1) is 13.0. The van der Waals surface area contributed by atoms with Crippen molar-refractivity contribution in [1.82, 2.24) is 14.8 Å². The molecule has 0 aliphatic carbocycles. The summed E-state index contributed by atoms with van der Waals surface area (Å²) in [6, 6.07) is 12.3. The first kappa shape index (κ1) is 17.5. The van der Waals surface area contributed by atoms with E-state index in [4.69, 9.17) is 4.74 Å². The lowest BCUT2D eigenvalue weighted by Gasteiger charge is -2.10. The number of fused-ring (bicyclic) bond motifs is 1. The van der Waals surface area contributed by atoms with Gasteiger partial charge >= 0.3 is 0 Å². The summed E-state index contributed by atoms with van der Waals surface area (Å²) in [5, 5.41) is 5.81. The number of rotatable bonds is 5. The van der Waals surface area contributed by atoms with Crippen LogP contribution in [0.2, 0.25) is 0 Å². The van der Waals surface area contributed by atoms with E-state index in [0.29, 0.717) is 11.4 Å². The topological polar surface area (TPSA) is 86.1 Å². The molecule has 0 bridgehead atoms. The molecule has 27 heavy (non-hydrogen) atoms. The van der Waals surface area contributed by atoms with Gasteiger partial charge in [-0.2, -0.15) is 5.10 Å². The average Bonchev–Trinajstić information content (AvgIpc) is 3.29. The molecular formula is C18H16N4O3S2. The molecule has 0 aliphatic rings. The van der Waals surface area contributed by atoms with Crippen LogP contribution >= 0.6 is 11.3 Å². The van der Waals surface area contributed by atoms with E-state index >= 15 is 0 Å². The monoisotopic (exact) mass is 400 g/mol. The fourth-order valence-electron chi connectivity index (χ4n) is 2.77. The Morgan fingerprint density at radius 2 is 1.96 bits per heavy atom. The summed E-state index contributed by atoms with van der Waals surface area (Å²) in [6.07, 6.45) is 3.05. The standard InChI is InChI=1S/C18H16N4O3S2/c1-22-18-12(10-20-22)4-3-5-15(18)21-27(23,24)13-6-7-14(19-11-13)16-8-9-17(25-2)26-16/h3-11,21H,1-2H3. The molecule has 4 aromatic rings. The summed E-state index contributed by atoms with van der Waals surface area (Å²) < 4.78 is 35.0.